The number of carboxylic acids is 1. The molecule has 0 spiro atoms. The van der Waals surface area contributed by atoms with Crippen LogP contribution in [0.2, 0.25) is 0 Å². The maximum absolute atomic E-state index is 11.3. The Morgan fingerprint density at radius 3 is 2.55 bits per heavy atom. The van der Waals surface area contributed by atoms with E-state index in [1.54, 1.807) is 7.11 Å². The Morgan fingerprint density at radius 2 is 1.85 bits per heavy atom. The normalized spacial score (nSPS) is 10.4. The van der Waals surface area contributed by atoms with Gasteiger partial charge in [-0.1, -0.05) is 12.1 Å². The van der Waals surface area contributed by atoms with Gasteiger partial charge in [0.05, 0.1) is 12.9 Å². The molecule has 20 heavy (non-hydrogen) atoms. The van der Waals surface area contributed by atoms with Crippen LogP contribution in [-0.2, 0) is 9.59 Å². The molecule has 2 aromatic rings. The van der Waals surface area contributed by atoms with Gasteiger partial charge in [-0.3, -0.25) is 4.79 Å². The van der Waals surface area contributed by atoms with Crippen molar-refractivity contribution in [2.24, 2.45) is 0 Å². The largest absolute Gasteiger partial charge is 0.550 e. The van der Waals surface area contributed by atoms with E-state index in [9.17, 15) is 14.7 Å². The quantitative estimate of drug-likeness (QED) is 0.597. The first-order chi connectivity index (χ1) is 9.58. The Kier molecular flexibility index (Phi) is 4.63. The number of thioether (sulfide) groups is 1. The molecule has 0 saturated heterocycles. The van der Waals surface area contributed by atoms with Gasteiger partial charge in [-0.05, 0) is 35.0 Å². The third-order valence-electron chi connectivity index (χ3n) is 2.76. The number of methoxy groups -OCH3 is 1. The van der Waals surface area contributed by atoms with E-state index in [0.29, 0.717) is 0 Å². The summed E-state index contributed by atoms with van der Waals surface area (Å²) < 4.78 is 5.16. The van der Waals surface area contributed by atoms with Gasteiger partial charge >= 0.3 is 0 Å². The molecular formula is C15H13O4S-. The Labute approximate surface area is 120 Å². The fourth-order valence-corrected chi connectivity index (χ4v) is 2.60. The molecule has 2 rings (SSSR count). The van der Waals surface area contributed by atoms with Crippen molar-refractivity contribution in [3.05, 3.63) is 36.4 Å². The lowest BCUT2D eigenvalue weighted by Gasteiger charge is -2.06. The monoisotopic (exact) mass is 289 g/mol. The molecule has 0 N–H and O–H groups in total. The van der Waals surface area contributed by atoms with Crippen molar-refractivity contribution >= 4 is 34.3 Å². The molecule has 0 unspecified atom stereocenters. The zero-order chi connectivity index (χ0) is 14.5. The van der Waals surface area contributed by atoms with E-state index in [2.05, 4.69) is 0 Å². The fourth-order valence-electron chi connectivity index (χ4n) is 1.79. The summed E-state index contributed by atoms with van der Waals surface area (Å²) >= 11 is 1.32. The second-order valence-electron chi connectivity index (χ2n) is 4.25. The second kappa shape index (κ2) is 6.43. The van der Waals surface area contributed by atoms with Gasteiger partial charge in [0.2, 0.25) is 0 Å². The van der Waals surface area contributed by atoms with Crippen molar-refractivity contribution in [1.82, 2.24) is 0 Å². The minimum atomic E-state index is -1.33. The van der Waals surface area contributed by atoms with Gasteiger partial charge in [0, 0.05) is 17.3 Å². The Balaban J connectivity index is 2.08. The minimum absolute atomic E-state index is 0.135. The van der Waals surface area contributed by atoms with E-state index in [1.807, 2.05) is 36.4 Å². The Hall–Kier alpha value is -2.01. The molecule has 0 aliphatic carbocycles. The summed E-state index contributed by atoms with van der Waals surface area (Å²) in [4.78, 5) is 22.5. The number of ether oxygens (including phenoxy) is 1. The number of ketones is 1. The van der Waals surface area contributed by atoms with Crippen molar-refractivity contribution in [3.63, 3.8) is 0 Å². The number of aliphatic carboxylic acids is 1. The SMILES string of the molecule is COc1ccc2cc(SCC(=O)CC(=O)[O-])ccc2c1. The molecule has 0 heterocycles. The predicted octanol–water partition coefficient (Wildman–Crippen LogP) is 1.65. The van der Waals surface area contributed by atoms with Gasteiger partial charge in [0.1, 0.15) is 11.5 Å². The van der Waals surface area contributed by atoms with Crippen LogP contribution < -0.4 is 9.84 Å². The number of carbonyl (C=O) groups excluding carboxylic acids is 2. The molecule has 5 heteroatoms. The van der Waals surface area contributed by atoms with Gasteiger partial charge in [0.15, 0.2) is 0 Å². The highest BCUT2D eigenvalue weighted by Gasteiger charge is 2.05. The summed E-state index contributed by atoms with van der Waals surface area (Å²) in [6.45, 7) is 0. The molecule has 0 bridgehead atoms. The average molecular weight is 289 g/mol. The smallest absolute Gasteiger partial charge is 0.148 e. The van der Waals surface area contributed by atoms with Crippen LogP contribution in [0.25, 0.3) is 10.8 Å². The highest BCUT2D eigenvalue weighted by Crippen LogP contribution is 2.26. The molecule has 104 valence electrons. The average Bonchev–Trinajstić information content (AvgIpc) is 2.43. The third-order valence-corrected chi connectivity index (χ3v) is 3.81. The van der Waals surface area contributed by atoms with E-state index in [1.165, 1.54) is 11.8 Å². The lowest BCUT2D eigenvalue weighted by molar-refractivity contribution is -0.304. The molecule has 2 aromatic carbocycles. The molecule has 0 aliphatic rings. The number of benzene rings is 2. The highest BCUT2D eigenvalue weighted by molar-refractivity contribution is 8.00. The lowest BCUT2D eigenvalue weighted by Crippen LogP contribution is -2.25. The Bertz CT molecular complexity index is 651. The van der Waals surface area contributed by atoms with E-state index in [0.717, 1.165) is 21.4 Å². The molecule has 0 amide bonds. The topological polar surface area (TPSA) is 66.4 Å². The van der Waals surface area contributed by atoms with Crippen LogP contribution in [-0.4, -0.2) is 24.6 Å². The highest BCUT2D eigenvalue weighted by atomic mass is 32.2. The molecule has 0 fully saturated rings. The minimum Gasteiger partial charge on any atom is -0.550 e. The first kappa shape index (κ1) is 14.4. The molecule has 0 aromatic heterocycles. The van der Waals surface area contributed by atoms with Crippen LogP contribution in [0.4, 0.5) is 0 Å². The zero-order valence-electron chi connectivity index (χ0n) is 10.9. The van der Waals surface area contributed by atoms with Crippen LogP contribution in [0.1, 0.15) is 6.42 Å². The number of fused-ring (bicyclic) bond motifs is 1. The van der Waals surface area contributed by atoms with Crippen molar-refractivity contribution in [1.29, 1.82) is 0 Å². The van der Waals surface area contributed by atoms with Crippen LogP contribution in [0.5, 0.6) is 5.75 Å². The van der Waals surface area contributed by atoms with E-state index in [-0.39, 0.29) is 11.5 Å². The number of carbonyl (C=O) groups is 2. The second-order valence-corrected chi connectivity index (χ2v) is 5.30. The molecule has 0 atom stereocenters. The summed E-state index contributed by atoms with van der Waals surface area (Å²) in [5, 5.41) is 12.4. The van der Waals surface area contributed by atoms with Gasteiger partial charge in [-0.15, -0.1) is 11.8 Å². The maximum Gasteiger partial charge on any atom is 0.148 e. The number of carboxylic acid groups (broad SMARTS) is 1. The van der Waals surface area contributed by atoms with Crippen LogP contribution in [0.3, 0.4) is 0 Å². The predicted molar refractivity (Wildman–Crippen MR) is 75.9 cm³/mol. The number of rotatable bonds is 6. The lowest BCUT2D eigenvalue weighted by atomic mass is 10.1. The number of Topliss-reactive ketones (excluding diaryl/α,β-unsaturated/α-hetero) is 1. The van der Waals surface area contributed by atoms with Crippen LogP contribution in [0, 0.1) is 0 Å². The van der Waals surface area contributed by atoms with Crippen LogP contribution >= 0.6 is 11.8 Å². The molecular weight excluding hydrogens is 276 g/mol. The van der Waals surface area contributed by atoms with E-state index in [4.69, 9.17) is 4.74 Å². The van der Waals surface area contributed by atoms with Gasteiger partial charge in [-0.2, -0.15) is 0 Å². The first-order valence-corrected chi connectivity index (χ1v) is 6.99. The summed E-state index contributed by atoms with van der Waals surface area (Å²) in [7, 11) is 1.62. The standard InChI is InChI=1S/C15H14O4S/c1-19-13-4-2-11-7-14(5-3-10(11)6-13)20-9-12(16)8-15(17)18/h2-7H,8-9H2,1H3,(H,17,18)/p-1. The molecule has 0 radical (unpaired) electrons. The van der Waals surface area contributed by atoms with E-state index >= 15 is 0 Å². The summed E-state index contributed by atoms with van der Waals surface area (Å²) in [6.07, 6.45) is -0.530. The number of hydrogen-bond donors (Lipinski definition) is 0. The van der Waals surface area contributed by atoms with E-state index < -0.39 is 12.4 Å². The first-order valence-electron chi connectivity index (χ1n) is 6.00. The summed E-state index contributed by atoms with van der Waals surface area (Å²) in [6, 6.07) is 11.6. The van der Waals surface area contributed by atoms with Crippen molar-refractivity contribution in [3.8, 4) is 5.75 Å². The molecule has 0 saturated carbocycles. The summed E-state index contributed by atoms with van der Waals surface area (Å²) in [5.74, 6) is -0.747. The van der Waals surface area contributed by atoms with Gasteiger partial charge in [-0.25, -0.2) is 0 Å². The van der Waals surface area contributed by atoms with Gasteiger partial charge < -0.3 is 14.6 Å². The number of hydrogen-bond acceptors (Lipinski definition) is 5. The molecule has 0 aliphatic heterocycles. The van der Waals surface area contributed by atoms with Crippen molar-refractivity contribution in [2.75, 3.05) is 12.9 Å². The van der Waals surface area contributed by atoms with Crippen molar-refractivity contribution in [2.45, 2.75) is 11.3 Å². The van der Waals surface area contributed by atoms with Crippen LogP contribution in [0.15, 0.2) is 41.3 Å². The van der Waals surface area contributed by atoms with Gasteiger partial charge in [0.25, 0.3) is 0 Å². The third kappa shape index (κ3) is 3.74. The molecule has 4 nitrogen and oxygen atoms in total. The maximum atomic E-state index is 11.3. The van der Waals surface area contributed by atoms with Crippen molar-refractivity contribution < 1.29 is 19.4 Å². The zero-order valence-corrected chi connectivity index (χ0v) is 11.7. The summed E-state index contributed by atoms with van der Waals surface area (Å²) in [5.41, 5.74) is 0. The fraction of sp³-hybridized carbons (Fsp3) is 0.200. The Morgan fingerprint density at radius 1 is 1.15 bits per heavy atom.